The minimum atomic E-state index is -3.70. The predicted octanol–water partition coefficient (Wildman–Crippen LogP) is -0.178. The molecule has 0 fully saturated rings. The van der Waals surface area contributed by atoms with Gasteiger partial charge >= 0.3 is 0 Å². The molecule has 1 aromatic heterocycles. The highest BCUT2D eigenvalue weighted by atomic mass is 35.5. The minimum Gasteiger partial charge on any atom is -0.354 e. The van der Waals surface area contributed by atoms with Crippen molar-refractivity contribution in [1.82, 2.24) is 14.6 Å². The van der Waals surface area contributed by atoms with Gasteiger partial charge in [0.05, 0.1) is 0 Å². The van der Waals surface area contributed by atoms with E-state index in [1.165, 1.54) is 23.9 Å². The molecule has 0 saturated heterocycles. The third kappa shape index (κ3) is 4.20. The van der Waals surface area contributed by atoms with Gasteiger partial charge in [-0.3, -0.25) is 4.79 Å². The molecule has 1 rings (SSSR count). The van der Waals surface area contributed by atoms with Crippen molar-refractivity contribution in [3.63, 3.8) is 0 Å². The molecule has 20 heavy (non-hydrogen) atoms. The molecular weight excluding hydrogens is 304 g/mol. The van der Waals surface area contributed by atoms with Crippen molar-refractivity contribution in [2.45, 2.75) is 24.3 Å². The van der Waals surface area contributed by atoms with Crippen LogP contribution in [0.15, 0.2) is 17.2 Å². The van der Waals surface area contributed by atoms with Gasteiger partial charge in [0.1, 0.15) is 10.6 Å². The molecule has 1 aromatic rings. The van der Waals surface area contributed by atoms with Crippen LogP contribution < -0.4 is 15.8 Å². The van der Waals surface area contributed by atoms with Crippen LogP contribution in [0.1, 0.15) is 24.3 Å². The Morgan fingerprint density at radius 1 is 1.45 bits per heavy atom. The standard InChI is InChI=1S/C11H20N4O3S.ClH/c1-11(2,7-12)14-19(17,18)8-5-9(10(16)13-3)15(4)6-8;/h5-6,14H,7,12H2,1-4H3,(H,13,16);1H. The summed E-state index contributed by atoms with van der Waals surface area (Å²) in [5, 5.41) is 2.45. The van der Waals surface area contributed by atoms with Crippen LogP contribution in [0, 0.1) is 0 Å². The summed E-state index contributed by atoms with van der Waals surface area (Å²) in [6.45, 7) is 3.54. The molecule has 0 unspecified atom stereocenters. The zero-order chi connectivity index (χ0) is 14.8. The number of halogens is 1. The molecule has 0 aliphatic heterocycles. The average Bonchev–Trinajstić information content (AvgIpc) is 2.70. The van der Waals surface area contributed by atoms with Crippen LogP contribution in [0.4, 0.5) is 0 Å². The van der Waals surface area contributed by atoms with Crippen LogP contribution in [0.5, 0.6) is 0 Å². The van der Waals surface area contributed by atoms with E-state index in [0.717, 1.165) is 0 Å². The third-order valence-corrected chi connectivity index (χ3v) is 4.34. The Morgan fingerprint density at radius 3 is 2.45 bits per heavy atom. The summed E-state index contributed by atoms with van der Waals surface area (Å²) in [7, 11) is -0.610. The molecule has 0 radical (unpaired) electrons. The van der Waals surface area contributed by atoms with Crippen LogP contribution in [0.2, 0.25) is 0 Å². The Kier molecular flexibility index (Phi) is 6.22. The molecule has 0 aliphatic rings. The zero-order valence-electron chi connectivity index (χ0n) is 11.9. The lowest BCUT2D eigenvalue weighted by Crippen LogP contribution is -2.48. The van der Waals surface area contributed by atoms with E-state index in [-0.39, 0.29) is 35.4 Å². The predicted molar refractivity (Wildman–Crippen MR) is 79.5 cm³/mol. The summed E-state index contributed by atoms with van der Waals surface area (Å²) in [5.41, 5.74) is 5.02. The maximum absolute atomic E-state index is 12.2. The molecule has 0 atom stereocenters. The molecule has 0 spiro atoms. The molecular formula is C11H21ClN4O3S. The Labute approximate surface area is 125 Å². The fourth-order valence-electron chi connectivity index (χ4n) is 1.50. The van der Waals surface area contributed by atoms with Crippen molar-refractivity contribution in [1.29, 1.82) is 0 Å². The fraction of sp³-hybridized carbons (Fsp3) is 0.545. The quantitative estimate of drug-likeness (QED) is 0.698. The first-order chi connectivity index (χ1) is 8.63. The largest absolute Gasteiger partial charge is 0.354 e. The second-order valence-corrected chi connectivity index (χ2v) is 6.63. The first-order valence-electron chi connectivity index (χ1n) is 5.75. The van der Waals surface area contributed by atoms with Crippen molar-refractivity contribution in [3.8, 4) is 0 Å². The maximum atomic E-state index is 12.2. The number of nitrogens with two attached hydrogens (primary N) is 1. The Morgan fingerprint density at radius 2 is 2.00 bits per heavy atom. The Hall–Kier alpha value is -1.09. The van der Waals surface area contributed by atoms with Gasteiger partial charge in [-0.2, -0.15) is 0 Å². The number of nitrogens with one attached hydrogen (secondary N) is 2. The summed E-state index contributed by atoms with van der Waals surface area (Å²) in [5.74, 6) is -0.345. The van der Waals surface area contributed by atoms with E-state index < -0.39 is 15.6 Å². The lowest BCUT2D eigenvalue weighted by Gasteiger charge is -2.23. The molecule has 1 heterocycles. The third-order valence-electron chi connectivity index (χ3n) is 2.67. The van der Waals surface area contributed by atoms with Crippen LogP contribution >= 0.6 is 12.4 Å². The van der Waals surface area contributed by atoms with E-state index in [2.05, 4.69) is 10.0 Å². The van der Waals surface area contributed by atoms with E-state index in [1.54, 1.807) is 20.9 Å². The van der Waals surface area contributed by atoms with E-state index in [0.29, 0.717) is 0 Å². The second-order valence-electron chi connectivity index (χ2n) is 4.94. The summed E-state index contributed by atoms with van der Waals surface area (Å²) in [6.07, 6.45) is 1.39. The van der Waals surface area contributed by atoms with Gasteiger partial charge in [-0.25, -0.2) is 13.1 Å². The van der Waals surface area contributed by atoms with Gasteiger partial charge in [0.2, 0.25) is 10.0 Å². The number of hydrogen-bond donors (Lipinski definition) is 3. The summed E-state index contributed by atoms with van der Waals surface area (Å²) < 4.78 is 28.3. The zero-order valence-corrected chi connectivity index (χ0v) is 13.6. The van der Waals surface area contributed by atoms with Crippen LogP contribution in [0.25, 0.3) is 0 Å². The van der Waals surface area contributed by atoms with E-state index in [4.69, 9.17) is 5.73 Å². The smallest absolute Gasteiger partial charge is 0.267 e. The minimum absolute atomic E-state index is 0. The molecule has 9 heteroatoms. The van der Waals surface area contributed by atoms with E-state index >= 15 is 0 Å². The molecule has 7 nitrogen and oxygen atoms in total. The molecule has 4 N–H and O–H groups in total. The Bertz CT molecular complexity index is 580. The lowest BCUT2D eigenvalue weighted by molar-refractivity contribution is 0.0955. The van der Waals surface area contributed by atoms with Crippen LogP contribution in [-0.2, 0) is 17.1 Å². The molecule has 0 aromatic carbocycles. The molecule has 0 saturated carbocycles. The van der Waals surface area contributed by atoms with Gasteiger partial charge in [0, 0.05) is 32.4 Å². The summed E-state index contributed by atoms with van der Waals surface area (Å²) in [6, 6.07) is 1.33. The summed E-state index contributed by atoms with van der Waals surface area (Å²) in [4.78, 5) is 11.6. The van der Waals surface area contributed by atoms with Crippen molar-refractivity contribution in [3.05, 3.63) is 18.0 Å². The van der Waals surface area contributed by atoms with Gasteiger partial charge in [0.25, 0.3) is 5.91 Å². The number of rotatable bonds is 5. The number of hydrogen-bond acceptors (Lipinski definition) is 4. The van der Waals surface area contributed by atoms with E-state index in [1.807, 2.05) is 0 Å². The number of carbonyl (C=O) groups is 1. The van der Waals surface area contributed by atoms with Gasteiger partial charge in [-0.05, 0) is 19.9 Å². The maximum Gasteiger partial charge on any atom is 0.267 e. The number of aryl methyl sites for hydroxylation is 1. The highest BCUT2D eigenvalue weighted by molar-refractivity contribution is 7.89. The van der Waals surface area contributed by atoms with Gasteiger partial charge in [0.15, 0.2) is 0 Å². The Balaban J connectivity index is 0.00000361. The topological polar surface area (TPSA) is 106 Å². The highest BCUT2D eigenvalue weighted by Crippen LogP contribution is 2.15. The van der Waals surface area contributed by atoms with Gasteiger partial charge in [-0.15, -0.1) is 12.4 Å². The van der Waals surface area contributed by atoms with Crippen molar-refractivity contribution in [2.24, 2.45) is 12.8 Å². The van der Waals surface area contributed by atoms with Crippen LogP contribution in [-0.4, -0.2) is 38.0 Å². The fourth-order valence-corrected chi connectivity index (χ4v) is 2.99. The van der Waals surface area contributed by atoms with Crippen molar-refractivity contribution >= 4 is 28.3 Å². The lowest BCUT2D eigenvalue weighted by atomic mass is 10.1. The number of amides is 1. The number of sulfonamides is 1. The molecule has 1 amide bonds. The van der Waals surface area contributed by atoms with Crippen molar-refractivity contribution in [2.75, 3.05) is 13.6 Å². The van der Waals surface area contributed by atoms with Gasteiger partial charge in [-0.1, -0.05) is 0 Å². The first-order valence-corrected chi connectivity index (χ1v) is 7.24. The normalized spacial score (nSPS) is 11.8. The summed E-state index contributed by atoms with van der Waals surface area (Å²) >= 11 is 0. The van der Waals surface area contributed by atoms with E-state index in [9.17, 15) is 13.2 Å². The van der Waals surface area contributed by atoms with Crippen molar-refractivity contribution < 1.29 is 13.2 Å². The molecule has 0 aliphatic carbocycles. The molecule has 116 valence electrons. The highest BCUT2D eigenvalue weighted by Gasteiger charge is 2.27. The number of nitrogens with zero attached hydrogens (tertiary/aromatic N) is 1. The monoisotopic (exact) mass is 324 g/mol. The second kappa shape index (κ2) is 6.57. The first kappa shape index (κ1) is 18.9. The van der Waals surface area contributed by atoms with Crippen LogP contribution in [0.3, 0.4) is 0 Å². The molecule has 0 bridgehead atoms. The number of carbonyl (C=O) groups excluding carboxylic acids is 1. The SMILES string of the molecule is CNC(=O)c1cc(S(=O)(=O)NC(C)(C)CN)cn1C.Cl. The number of aromatic nitrogens is 1. The van der Waals surface area contributed by atoms with Gasteiger partial charge < -0.3 is 15.6 Å². The average molecular weight is 325 g/mol.